The smallest absolute Gasteiger partial charge is 0.0499 e. The molecule has 1 rings (SSSR count). The molecular weight excluding hydrogens is 182 g/mol. The van der Waals surface area contributed by atoms with E-state index in [2.05, 4.69) is 6.58 Å². The first kappa shape index (κ1) is 12.0. The van der Waals surface area contributed by atoms with Gasteiger partial charge in [-0.3, -0.25) is 0 Å². The van der Waals surface area contributed by atoms with Crippen LogP contribution >= 0.6 is 11.6 Å². The molecule has 1 nitrogen and oxygen atoms in total. The number of nitrogens with two attached hydrogens (primary N) is 1. The van der Waals surface area contributed by atoms with Gasteiger partial charge in [0.25, 0.3) is 0 Å². The van der Waals surface area contributed by atoms with Crippen LogP contribution in [0.3, 0.4) is 0 Å². The Kier molecular flexibility index (Phi) is 5.24. The molecule has 0 radical (unpaired) electrons. The Balaban J connectivity index is 0.000000671. The van der Waals surface area contributed by atoms with Crippen molar-refractivity contribution in [1.29, 1.82) is 0 Å². The maximum absolute atomic E-state index is 5.85. The number of benzene rings is 1. The van der Waals surface area contributed by atoms with Crippen molar-refractivity contribution in [1.82, 2.24) is 0 Å². The van der Waals surface area contributed by atoms with Crippen molar-refractivity contribution < 1.29 is 0 Å². The predicted molar refractivity (Wildman–Crippen MR) is 60.8 cm³/mol. The van der Waals surface area contributed by atoms with Gasteiger partial charge < -0.3 is 5.73 Å². The molecule has 72 valence electrons. The number of halogens is 1. The van der Waals surface area contributed by atoms with Crippen LogP contribution < -0.4 is 5.73 Å². The van der Waals surface area contributed by atoms with Gasteiger partial charge in [-0.25, -0.2) is 0 Å². The summed E-state index contributed by atoms with van der Waals surface area (Å²) in [6.07, 6.45) is 0. The standard InChI is InChI=1S/C9H10ClN.C2H6/c1-6-3-4-9(10)8(5-6)7(2)11;1-2/h3-5H,2,11H2,1H3;1-2H3. The summed E-state index contributed by atoms with van der Waals surface area (Å²) in [7, 11) is 0. The SMILES string of the molecule is C=C(N)c1cc(C)ccc1Cl.CC. The summed E-state index contributed by atoms with van der Waals surface area (Å²) in [5.41, 5.74) is 7.98. The van der Waals surface area contributed by atoms with Crippen molar-refractivity contribution in [3.63, 3.8) is 0 Å². The van der Waals surface area contributed by atoms with Gasteiger partial charge in [-0.1, -0.05) is 43.7 Å². The molecule has 0 amide bonds. The van der Waals surface area contributed by atoms with E-state index >= 15 is 0 Å². The zero-order valence-corrected chi connectivity index (χ0v) is 9.15. The van der Waals surface area contributed by atoms with Gasteiger partial charge >= 0.3 is 0 Å². The Morgan fingerprint density at radius 1 is 1.38 bits per heavy atom. The Morgan fingerprint density at radius 3 is 2.31 bits per heavy atom. The van der Waals surface area contributed by atoms with Crippen LogP contribution in [0, 0.1) is 6.92 Å². The molecule has 0 spiro atoms. The summed E-state index contributed by atoms with van der Waals surface area (Å²) in [6, 6.07) is 5.68. The summed E-state index contributed by atoms with van der Waals surface area (Å²) >= 11 is 5.85. The van der Waals surface area contributed by atoms with Gasteiger partial charge in [-0.2, -0.15) is 0 Å². The fourth-order valence-electron chi connectivity index (χ4n) is 0.885. The molecule has 0 aliphatic heterocycles. The third-order valence-corrected chi connectivity index (χ3v) is 1.80. The van der Waals surface area contributed by atoms with Gasteiger partial charge in [-0.15, -0.1) is 0 Å². The lowest BCUT2D eigenvalue weighted by Crippen LogP contribution is -1.94. The zero-order chi connectivity index (χ0) is 10.4. The summed E-state index contributed by atoms with van der Waals surface area (Å²) in [5.74, 6) is 0. The van der Waals surface area contributed by atoms with Crippen LogP contribution in [0.5, 0.6) is 0 Å². The van der Waals surface area contributed by atoms with E-state index in [9.17, 15) is 0 Å². The summed E-state index contributed by atoms with van der Waals surface area (Å²) < 4.78 is 0. The molecule has 2 heteroatoms. The van der Waals surface area contributed by atoms with Gasteiger partial charge in [0.15, 0.2) is 0 Å². The lowest BCUT2D eigenvalue weighted by Gasteiger charge is -2.03. The van der Waals surface area contributed by atoms with E-state index in [0.29, 0.717) is 10.7 Å². The van der Waals surface area contributed by atoms with E-state index in [1.165, 1.54) is 0 Å². The number of hydrogen-bond donors (Lipinski definition) is 1. The van der Waals surface area contributed by atoms with E-state index in [-0.39, 0.29) is 0 Å². The van der Waals surface area contributed by atoms with E-state index < -0.39 is 0 Å². The van der Waals surface area contributed by atoms with E-state index in [1.807, 2.05) is 39.0 Å². The molecule has 0 aliphatic carbocycles. The highest BCUT2D eigenvalue weighted by Crippen LogP contribution is 2.20. The van der Waals surface area contributed by atoms with E-state index in [4.69, 9.17) is 17.3 Å². The van der Waals surface area contributed by atoms with Gasteiger partial charge in [0.1, 0.15) is 0 Å². The lowest BCUT2D eigenvalue weighted by molar-refractivity contribution is 1.43. The molecule has 1 aromatic carbocycles. The highest BCUT2D eigenvalue weighted by atomic mass is 35.5. The highest BCUT2D eigenvalue weighted by Gasteiger charge is 1.99. The Labute approximate surface area is 85.2 Å². The van der Waals surface area contributed by atoms with Crippen LogP contribution in [0.2, 0.25) is 5.02 Å². The zero-order valence-electron chi connectivity index (χ0n) is 8.39. The average Bonchev–Trinajstić information content (AvgIpc) is 2.12. The van der Waals surface area contributed by atoms with E-state index in [1.54, 1.807) is 0 Å². The van der Waals surface area contributed by atoms with E-state index in [0.717, 1.165) is 11.1 Å². The molecule has 0 aromatic heterocycles. The molecule has 2 N–H and O–H groups in total. The number of aryl methyl sites for hydroxylation is 1. The van der Waals surface area contributed by atoms with Gasteiger partial charge in [-0.05, 0) is 19.1 Å². The number of hydrogen-bond acceptors (Lipinski definition) is 1. The summed E-state index contributed by atoms with van der Waals surface area (Å²) in [5, 5.41) is 0.656. The maximum atomic E-state index is 5.85. The van der Waals surface area contributed by atoms with Crippen LogP contribution in [-0.2, 0) is 0 Å². The monoisotopic (exact) mass is 197 g/mol. The maximum Gasteiger partial charge on any atom is 0.0499 e. The fraction of sp³-hybridized carbons (Fsp3) is 0.273. The Hall–Kier alpha value is -0.950. The quantitative estimate of drug-likeness (QED) is 0.732. The predicted octanol–water partition coefficient (Wildman–Crippen LogP) is 3.60. The Bertz CT molecular complexity index is 292. The minimum atomic E-state index is 0.513. The second-order valence-electron chi connectivity index (χ2n) is 2.51. The minimum Gasteiger partial charge on any atom is -0.399 e. The third-order valence-electron chi connectivity index (χ3n) is 1.47. The van der Waals surface area contributed by atoms with Crippen LogP contribution in [0.1, 0.15) is 25.0 Å². The van der Waals surface area contributed by atoms with Crippen LogP contribution in [0.25, 0.3) is 5.70 Å². The molecule has 0 fully saturated rings. The second kappa shape index (κ2) is 5.65. The second-order valence-corrected chi connectivity index (χ2v) is 2.92. The van der Waals surface area contributed by atoms with Crippen molar-refractivity contribution in [2.45, 2.75) is 20.8 Å². The van der Waals surface area contributed by atoms with Gasteiger partial charge in [0.2, 0.25) is 0 Å². The first-order valence-corrected chi connectivity index (χ1v) is 4.70. The largest absolute Gasteiger partial charge is 0.399 e. The molecule has 0 saturated carbocycles. The molecule has 13 heavy (non-hydrogen) atoms. The van der Waals surface area contributed by atoms with Crippen molar-refractivity contribution in [3.05, 3.63) is 40.9 Å². The van der Waals surface area contributed by atoms with Crippen LogP contribution in [0.4, 0.5) is 0 Å². The normalized spacial score (nSPS) is 8.62. The molecule has 0 aliphatic rings. The van der Waals surface area contributed by atoms with Crippen LogP contribution in [-0.4, -0.2) is 0 Å². The van der Waals surface area contributed by atoms with Crippen LogP contribution in [0.15, 0.2) is 24.8 Å². The van der Waals surface area contributed by atoms with Crippen molar-refractivity contribution >= 4 is 17.3 Å². The molecular formula is C11H16ClN. The van der Waals surface area contributed by atoms with Crippen molar-refractivity contribution in [2.75, 3.05) is 0 Å². The molecule has 1 aromatic rings. The van der Waals surface area contributed by atoms with Gasteiger partial charge in [0.05, 0.1) is 0 Å². The first-order chi connectivity index (χ1) is 6.11. The minimum absolute atomic E-state index is 0.513. The molecule has 0 heterocycles. The van der Waals surface area contributed by atoms with Gasteiger partial charge in [0, 0.05) is 16.3 Å². The highest BCUT2D eigenvalue weighted by molar-refractivity contribution is 6.32. The average molecular weight is 198 g/mol. The first-order valence-electron chi connectivity index (χ1n) is 4.32. The lowest BCUT2D eigenvalue weighted by atomic mass is 10.1. The molecule has 0 saturated heterocycles. The summed E-state index contributed by atoms with van der Waals surface area (Å²) in [4.78, 5) is 0. The van der Waals surface area contributed by atoms with Crippen molar-refractivity contribution in [3.8, 4) is 0 Å². The topological polar surface area (TPSA) is 26.0 Å². The van der Waals surface area contributed by atoms with Crippen molar-refractivity contribution in [2.24, 2.45) is 5.73 Å². The fourth-order valence-corrected chi connectivity index (χ4v) is 1.12. The molecule has 0 atom stereocenters. The molecule has 0 unspecified atom stereocenters. The summed E-state index contributed by atoms with van der Waals surface area (Å²) in [6.45, 7) is 9.61. The third kappa shape index (κ3) is 3.51. The molecule has 0 bridgehead atoms. The number of rotatable bonds is 1. The Morgan fingerprint density at radius 2 is 1.92 bits per heavy atom.